The Balaban J connectivity index is 1.80. The average molecular weight is 412 g/mol. The van der Waals surface area contributed by atoms with Crippen LogP contribution in [0.25, 0.3) is 0 Å². The molecule has 0 heterocycles. The van der Waals surface area contributed by atoms with Crippen LogP contribution >= 0.6 is 15.9 Å². The van der Waals surface area contributed by atoms with Crippen molar-refractivity contribution in [1.82, 2.24) is 5.32 Å². The Bertz CT molecular complexity index is 809. The lowest BCUT2D eigenvalue weighted by atomic mass is 10.1. The summed E-state index contributed by atoms with van der Waals surface area (Å²) in [6.45, 7) is -1.07. The Morgan fingerprint density at radius 2 is 1.60 bits per heavy atom. The molecule has 0 aliphatic heterocycles. The number of rotatable bonds is 6. The van der Waals surface area contributed by atoms with Crippen molar-refractivity contribution in [2.45, 2.75) is 0 Å². The van der Waals surface area contributed by atoms with Gasteiger partial charge in [-0.1, -0.05) is 15.9 Å². The number of halogens is 3. The molecular weight excluding hydrogens is 400 g/mol. The topological polar surface area (TPSA) is 72.5 Å². The first-order chi connectivity index (χ1) is 11.9. The van der Waals surface area contributed by atoms with Gasteiger partial charge in [0.1, 0.15) is 6.54 Å². The summed E-state index contributed by atoms with van der Waals surface area (Å²) < 4.78 is 31.4. The molecule has 0 unspecified atom stereocenters. The number of Topliss-reactive ketones (excluding diaryl/α,β-unsaturated/α-hetero) is 1. The molecule has 0 radical (unpaired) electrons. The average Bonchev–Trinajstić information content (AvgIpc) is 2.60. The SMILES string of the molecule is O=C(CNC(=O)c1ccc(Br)cc1)OCC(=O)c1ccc(F)c(F)c1. The Kier molecular flexibility index (Phi) is 6.35. The molecule has 1 N–H and O–H groups in total. The third kappa shape index (κ3) is 5.46. The van der Waals surface area contributed by atoms with Crippen LogP contribution < -0.4 is 5.32 Å². The first-order valence-electron chi connectivity index (χ1n) is 7.04. The van der Waals surface area contributed by atoms with E-state index in [2.05, 4.69) is 21.2 Å². The molecule has 1 amide bonds. The van der Waals surface area contributed by atoms with E-state index in [1.165, 1.54) is 0 Å². The monoisotopic (exact) mass is 411 g/mol. The predicted molar refractivity (Wildman–Crippen MR) is 88.1 cm³/mol. The predicted octanol–water partition coefficient (Wildman–Crippen LogP) is 2.88. The van der Waals surface area contributed by atoms with Crippen LogP contribution in [0.4, 0.5) is 8.78 Å². The molecule has 0 atom stereocenters. The van der Waals surface area contributed by atoms with Gasteiger partial charge in [-0.3, -0.25) is 14.4 Å². The minimum Gasteiger partial charge on any atom is -0.456 e. The van der Waals surface area contributed by atoms with E-state index in [4.69, 9.17) is 4.74 Å². The van der Waals surface area contributed by atoms with E-state index in [1.807, 2.05) is 0 Å². The van der Waals surface area contributed by atoms with Crippen molar-refractivity contribution < 1.29 is 27.9 Å². The second kappa shape index (κ2) is 8.48. The Labute approximate surface area is 150 Å². The summed E-state index contributed by atoms with van der Waals surface area (Å²) in [6, 6.07) is 9.10. The van der Waals surface area contributed by atoms with Gasteiger partial charge in [-0.25, -0.2) is 8.78 Å². The van der Waals surface area contributed by atoms with Crippen molar-refractivity contribution >= 4 is 33.6 Å². The number of hydrogen-bond donors (Lipinski definition) is 1. The van der Waals surface area contributed by atoms with Crippen LogP contribution in [0, 0.1) is 11.6 Å². The summed E-state index contributed by atoms with van der Waals surface area (Å²) in [4.78, 5) is 35.1. The van der Waals surface area contributed by atoms with E-state index in [0.29, 0.717) is 5.56 Å². The van der Waals surface area contributed by atoms with Gasteiger partial charge in [0.25, 0.3) is 5.91 Å². The van der Waals surface area contributed by atoms with E-state index in [9.17, 15) is 23.2 Å². The summed E-state index contributed by atoms with van der Waals surface area (Å²) in [6.07, 6.45) is 0. The van der Waals surface area contributed by atoms with Gasteiger partial charge in [-0.15, -0.1) is 0 Å². The van der Waals surface area contributed by atoms with Crippen LogP contribution in [0.1, 0.15) is 20.7 Å². The molecule has 0 aliphatic carbocycles. The summed E-state index contributed by atoms with van der Waals surface area (Å²) >= 11 is 3.24. The van der Waals surface area contributed by atoms with Crippen molar-refractivity contribution in [3.63, 3.8) is 0 Å². The molecule has 0 saturated heterocycles. The number of benzene rings is 2. The quantitative estimate of drug-likeness (QED) is 0.585. The molecule has 0 fully saturated rings. The van der Waals surface area contributed by atoms with Gasteiger partial charge < -0.3 is 10.1 Å². The molecule has 0 spiro atoms. The standard InChI is InChI=1S/C17H12BrF2NO4/c18-12-4-1-10(2-5-12)17(24)21-8-16(23)25-9-15(22)11-3-6-13(19)14(20)7-11/h1-7H,8-9H2,(H,21,24). The zero-order chi connectivity index (χ0) is 18.4. The van der Waals surface area contributed by atoms with Gasteiger partial charge in [0.2, 0.25) is 0 Å². The molecule has 130 valence electrons. The third-order valence-electron chi connectivity index (χ3n) is 3.11. The maximum atomic E-state index is 13.0. The van der Waals surface area contributed by atoms with Crippen LogP contribution in [0.15, 0.2) is 46.9 Å². The molecule has 5 nitrogen and oxygen atoms in total. The van der Waals surface area contributed by atoms with Crippen molar-refractivity contribution in [3.05, 3.63) is 69.7 Å². The molecule has 2 aromatic carbocycles. The highest BCUT2D eigenvalue weighted by Gasteiger charge is 2.13. The van der Waals surface area contributed by atoms with Crippen molar-refractivity contribution in [2.75, 3.05) is 13.2 Å². The van der Waals surface area contributed by atoms with Crippen LogP contribution in [0.3, 0.4) is 0 Å². The van der Waals surface area contributed by atoms with Gasteiger partial charge in [0, 0.05) is 15.6 Å². The van der Waals surface area contributed by atoms with E-state index in [-0.39, 0.29) is 5.56 Å². The van der Waals surface area contributed by atoms with Gasteiger partial charge in [0.05, 0.1) is 0 Å². The normalized spacial score (nSPS) is 10.2. The highest BCUT2D eigenvalue weighted by molar-refractivity contribution is 9.10. The highest BCUT2D eigenvalue weighted by atomic mass is 79.9. The van der Waals surface area contributed by atoms with Gasteiger partial charge in [-0.2, -0.15) is 0 Å². The molecule has 0 bridgehead atoms. The Hall–Kier alpha value is -2.61. The van der Waals surface area contributed by atoms with Gasteiger partial charge in [0.15, 0.2) is 24.0 Å². The lowest BCUT2D eigenvalue weighted by Crippen LogP contribution is -2.31. The highest BCUT2D eigenvalue weighted by Crippen LogP contribution is 2.11. The summed E-state index contributed by atoms with van der Waals surface area (Å²) in [7, 11) is 0. The first-order valence-corrected chi connectivity index (χ1v) is 7.84. The fourth-order valence-corrected chi connectivity index (χ4v) is 2.07. The molecule has 8 heteroatoms. The van der Waals surface area contributed by atoms with Crippen LogP contribution in [-0.2, 0) is 9.53 Å². The molecule has 0 aliphatic rings. The number of nitrogens with one attached hydrogen (secondary N) is 1. The molecule has 2 aromatic rings. The number of amides is 1. The largest absolute Gasteiger partial charge is 0.456 e. The zero-order valence-electron chi connectivity index (χ0n) is 12.7. The number of ether oxygens (including phenoxy) is 1. The number of hydrogen-bond acceptors (Lipinski definition) is 4. The number of ketones is 1. The number of esters is 1. The second-order valence-electron chi connectivity index (χ2n) is 4.90. The Morgan fingerprint density at radius 3 is 2.24 bits per heavy atom. The minimum absolute atomic E-state index is 0.120. The third-order valence-corrected chi connectivity index (χ3v) is 3.63. The summed E-state index contributed by atoms with van der Waals surface area (Å²) in [5, 5.41) is 2.35. The fourth-order valence-electron chi connectivity index (χ4n) is 1.81. The molecule has 25 heavy (non-hydrogen) atoms. The van der Waals surface area contributed by atoms with Gasteiger partial charge in [-0.05, 0) is 42.5 Å². The van der Waals surface area contributed by atoms with Crippen LogP contribution in [0.2, 0.25) is 0 Å². The molecule has 2 rings (SSSR count). The fraction of sp³-hybridized carbons (Fsp3) is 0.118. The second-order valence-corrected chi connectivity index (χ2v) is 5.82. The minimum atomic E-state index is -1.17. The van der Waals surface area contributed by atoms with Crippen LogP contribution in [0.5, 0.6) is 0 Å². The first kappa shape index (κ1) is 18.7. The lowest BCUT2D eigenvalue weighted by molar-refractivity contribution is -0.141. The maximum absolute atomic E-state index is 13.0. The smallest absolute Gasteiger partial charge is 0.325 e. The zero-order valence-corrected chi connectivity index (χ0v) is 14.3. The van der Waals surface area contributed by atoms with E-state index >= 15 is 0 Å². The van der Waals surface area contributed by atoms with Gasteiger partial charge >= 0.3 is 5.97 Å². The van der Waals surface area contributed by atoms with E-state index < -0.39 is 42.4 Å². The van der Waals surface area contributed by atoms with Crippen molar-refractivity contribution in [2.24, 2.45) is 0 Å². The summed E-state index contributed by atoms with van der Waals surface area (Å²) in [5.41, 5.74) is 0.236. The molecule has 0 aromatic heterocycles. The lowest BCUT2D eigenvalue weighted by Gasteiger charge is -2.07. The molecule has 0 saturated carbocycles. The van der Waals surface area contributed by atoms with Crippen LogP contribution in [-0.4, -0.2) is 30.8 Å². The molecular formula is C17H12BrF2NO4. The van der Waals surface area contributed by atoms with Crippen molar-refractivity contribution in [1.29, 1.82) is 0 Å². The van der Waals surface area contributed by atoms with Crippen molar-refractivity contribution in [3.8, 4) is 0 Å². The van der Waals surface area contributed by atoms with E-state index in [0.717, 1.165) is 22.7 Å². The van der Waals surface area contributed by atoms with E-state index in [1.54, 1.807) is 24.3 Å². The summed E-state index contributed by atoms with van der Waals surface area (Å²) in [5.74, 6) is -4.24. The number of carbonyl (C=O) groups excluding carboxylic acids is 3. The number of carbonyl (C=O) groups is 3. The Morgan fingerprint density at radius 1 is 0.960 bits per heavy atom. The maximum Gasteiger partial charge on any atom is 0.325 e.